The Bertz CT molecular complexity index is 966. The molecule has 8 heteroatoms. The van der Waals surface area contributed by atoms with Gasteiger partial charge < -0.3 is 14.6 Å². The highest BCUT2D eigenvalue weighted by molar-refractivity contribution is 6.32. The molecule has 0 aromatic heterocycles. The molecule has 1 N–H and O–H groups in total. The summed E-state index contributed by atoms with van der Waals surface area (Å²) in [6, 6.07) is 7.64. The van der Waals surface area contributed by atoms with Crippen LogP contribution in [-0.4, -0.2) is 11.1 Å². The van der Waals surface area contributed by atoms with Gasteiger partial charge in [-0.1, -0.05) is 24.2 Å². The zero-order valence-corrected chi connectivity index (χ0v) is 14.3. The smallest absolute Gasteiger partial charge is 0.416 e. The van der Waals surface area contributed by atoms with Gasteiger partial charge in [0.1, 0.15) is 23.0 Å². The molecular weight excluding hydrogens is 385 g/mol. The molecule has 1 aliphatic heterocycles. The molecule has 27 heavy (non-hydrogen) atoms. The summed E-state index contributed by atoms with van der Waals surface area (Å²) < 4.78 is 49.3. The lowest BCUT2D eigenvalue weighted by Crippen LogP contribution is -2.06. The van der Waals surface area contributed by atoms with Gasteiger partial charge in [-0.3, -0.25) is 4.79 Å². The van der Waals surface area contributed by atoms with Gasteiger partial charge in [0.25, 0.3) is 0 Å². The summed E-state index contributed by atoms with van der Waals surface area (Å²) in [5, 5.41) is 9.09. The molecular formula is C19H12ClF3O4. The molecule has 0 bridgehead atoms. The van der Waals surface area contributed by atoms with E-state index in [0.717, 1.165) is 23.8 Å². The lowest BCUT2D eigenvalue weighted by molar-refractivity contribution is -0.139. The minimum atomic E-state index is -4.50. The second-order valence-electron chi connectivity index (χ2n) is 6.43. The van der Waals surface area contributed by atoms with Crippen LogP contribution in [0.5, 0.6) is 17.2 Å². The zero-order chi connectivity index (χ0) is 19.5. The number of alkyl halides is 3. The number of carboxylic acids is 1. The van der Waals surface area contributed by atoms with Crippen molar-refractivity contribution < 1.29 is 32.5 Å². The van der Waals surface area contributed by atoms with E-state index in [2.05, 4.69) is 6.58 Å². The summed E-state index contributed by atoms with van der Waals surface area (Å²) in [6.07, 6.45) is -4.50. The molecule has 2 aromatic rings. The van der Waals surface area contributed by atoms with Gasteiger partial charge in [-0.2, -0.15) is 13.2 Å². The average molecular weight is 397 g/mol. The predicted molar refractivity (Wildman–Crippen MR) is 90.1 cm³/mol. The first-order chi connectivity index (χ1) is 12.7. The van der Waals surface area contributed by atoms with E-state index in [9.17, 15) is 23.1 Å². The van der Waals surface area contributed by atoms with Crippen molar-refractivity contribution in [3.8, 4) is 17.2 Å². The number of rotatable bonds is 3. The molecule has 0 amide bonds. The van der Waals surface area contributed by atoms with Crippen molar-refractivity contribution in [3.63, 3.8) is 0 Å². The third kappa shape index (κ3) is 3.02. The Morgan fingerprint density at radius 3 is 2.56 bits per heavy atom. The number of allylic oxidation sites excluding steroid dienone is 1. The van der Waals surface area contributed by atoms with Gasteiger partial charge in [0.2, 0.25) is 0 Å². The number of hydrogen-bond donors (Lipinski definition) is 1. The minimum Gasteiger partial charge on any atom is -0.481 e. The summed E-state index contributed by atoms with van der Waals surface area (Å²) in [4.78, 5) is 11.3. The van der Waals surface area contributed by atoms with Crippen molar-refractivity contribution in [1.82, 2.24) is 0 Å². The van der Waals surface area contributed by atoms with E-state index in [4.69, 9.17) is 21.1 Å². The highest BCUT2D eigenvalue weighted by Crippen LogP contribution is 2.63. The molecule has 1 aliphatic carbocycles. The molecule has 0 unspecified atom stereocenters. The lowest BCUT2D eigenvalue weighted by atomic mass is 10.0. The van der Waals surface area contributed by atoms with Crippen LogP contribution in [-0.2, 0) is 11.0 Å². The van der Waals surface area contributed by atoms with Gasteiger partial charge >= 0.3 is 12.1 Å². The summed E-state index contributed by atoms with van der Waals surface area (Å²) in [5.74, 6) is -0.737. The van der Waals surface area contributed by atoms with Gasteiger partial charge in [-0.15, -0.1) is 0 Å². The fraction of sp³-hybridized carbons (Fsp3) is 0.211. The molecule has 0 saturated heterocycles. The molecule has 4 nitrogen and oxygen atoms in total. The van der Waals surface area contributed by atoms with Crippen molar-refractivity contribution in [1.29, 1.82) is 0 Å². The molecule has 1 fully saturated rings. The molecule has 2 aromatic carbocycles. The average Bonchev–Trinajstić information content (AvgIpc) is 3.32. The van der Waals surface area contributed by atoms with Crippen LogP contribution in [0.2, 0.25) is 5.02 Å². The van der Waals surface area contributed by atoms with Crippen molar-refractivity contribution in [3.05, 3.63) is 64.9 Å². The first kappa shape index (κ1) is 17.7. The van der Waals surface area contributed by atoms with E-state index >= 15 is 0 Å². The van der Waals surface area contributed by atoms with Gasteiger partial charge in [-0.25, -0.2) is 0 Å². The number of benzene rings is 2. The van der Waals surface area contributed by atoms with Crippen LogP contribution < -0.4 is 9.47 Å². The largest absolute Gasteiger partial charge is 0.481 e. The predicted octanol–water partition coefficient (Wildman–Crippen LogP) is 5.47. The van der Waals surface area contributed by atoms with Crippen molar-refractivity contribution >= 4 is 17.6 Å². The molecule has 140 valence electrons. The number of aliphatic carboxylic acids is 1. The summed E-state index contributed by atoms with van der Waals surface area (Å²) in [7, 11) is 0. The van der Waals surface area contributed by atoms with Crippen molar-refractivity contribution in [2.75, 3.05) is 0 Å². The molecule has 1 saturated carbocycles. The maximum Gasteiger partial charge on any atom is 0.416 e. The second-order valence-corrected chi connectivity index (χ2v) is 6.84. The van der Waals surface area contributed by atoms with Gasteiger partial charge in [-0.05, 0) is 29.8 Å². The van der Waals surface area contributed by atoms with E-state index in [-0.39, 0.29) is 22.6 Å². The minimum absolute atomic E-state index is 0.0620. The molecule has 0 spiro atoms. The number of carbonyl (C=O) groups is 1. The Balaban J connectivity index is 1.60. The third-order valence-corrected chi connectivity index (χ3v) is 5.04. The lowest BCUT2D eigenvalue weighted by Gasteiger charge is -2.19. The summed E-state index contributed by atoms with van der Waals surface area (Å²) >= 11 is 5.90. The van der Waals surface area contributed by atoms with Crippen LogP contribution in [0.4, 0.5) is 13.2 Å². The number of fused-ring (bicyclic) bond motifs is 3. The van der Waals surface area contributed by atoms with Gasteiger partial charge in [0, 0.05) is 17.9 Å². The Hall–Kier alpha value is -2.67. The van der Waals surface area contributed by atoms with E-state index < -0.39 is 23.6 Å². The molecule has 2 aliphatic rings. The Kier molecular flexibility index (Phi) is 3.89. The van der Waals surface area contributed by atoms with Crippen LogP contribution >= 0.6 is 11.6 Å². The molecule has 0 radical (unpaired) electrons. The van der Waals surface area contributed by atoms with E-state index in [1.54, 1.807) is 18.2 Å². The van der Waals surface area contributed by atoms with Crippen molar-refractivity contribution in [2.45, 2.75) is 12.1 Å². The van der Waals surface area contributed by atoms with Crippen LogP contribution in [0, 0.1) is 11.8 Å². The monoisotopic (exact) mass is 396 g/mol. The maximum absolute atomic E-state index is 12.7. The van der Waals surface area contributed by atoms with Crippen LogP contribution in [0.1, 0.15) is 17.0 Å². The third-order valence-electron chi connectivity index (χ3n) is 4.75. The van der Waals surface area contributed by atoms with Crippen LogP contribution in [0.25, 0.3) is 0 Å². The second kappa shape index (κ2) is 5.92. The number of hydrogen-bond acceptors (Lipinski definition) is 3. The standard InChI is InChI=1S/C19H12ClF3O4/c1-8-15-16(17(15)18(24)25)11-4-3-10(7-14(11)26-8)27-13-5-2-9(6-12(13)20)19(21,22)23/h2-7,15-17H,1H2,(H,24,25)/t15-,16+,17+/m1/s1. The van der Waals surface area contributed by atoms with Crippen LogP contribution in [0.3, 0.4) is 0 Å². The molecule has 3 atom stereocenters. The SMILES string of the molecule is C=C1Oc2cc(Oc3ccc(C(F)(F)F)cc3Cl)ccc2[C@H]2[C@@H]1[C@@H]2C(=O)O. The Morgan fingerprint density at radius 1 is 1.19 bits per heavy atom. The van der Waals surface area contributed by atoms with Crippen LogP contribution in [0.15, 0.2) is 48.7 Å². The highest BCUT2D eigenvalue weighted by Gasteiger charge is 2.61. The normalized spacial score (nSPS) is 23.1. The fourth-order valence-corrected chi connectivity index (χ4v) is 3.66. The van der Waals surface area contributed by atoms with Gasteiger partial charge in [0.15, 0.2) is 0 Å². The fourth-order valence-electron chi connectivity index (χ4n) is 3.44. The molecule has 4 rings (SSSR count). The topological polar surface area (TPSA) is 55.8 Å². The Labute approximate surface area is 156 Å². The van der Waals surface area contributed by atoms with Crippen molar-refractivity contribution in [2.24, 2.45) is 11.8 Å². The number of ether oxygens (including phenoxy) is 2. The highest BCUT2D eigenvalue weighted by atomic mass is 35.5. The number of carboxylic acid groups (broad SMARTS) is 1. The van der Waals surface area contributed by atoms with E-state index in [1.807, 2.05) is 0 Å². The first-order valence-electron chi connectivity index (χ1n) is 7.95. The quantitative estimate of drug-likeness (QED) is 0.747. The summed E-state index contributed by atoms with van der Waals surface area (Å²) in [5.41, 5.74) is -0.130. The van der Waals surface area contributed by atoms with Gasteiger partial charge in [0.05, 0.1) is 16.5 Å². The van der Waals surface area contributed by atoms with E-state index in [1.165, 1.54) is 0 Å². The first-order valence-corrected chi connectivity index (χ1v) is 8.32. The zero-order valence-electron chi connectivity index (χ0n) is 13.6. The maximum atomic E-state index is 12.7. The van der Waals surface area contributed by atoms with E-state index in [0.29, 0.717) is 17.3 Å². The number of halogens is 4. The Morgan fingerprint density at radius 2 is 1.93 bits per heavy atom. The molecule has 1 heterocycles. The summed E-state index contributed by atoms with van der Waals surface area (Å²) in [6.45, 7) is 3.77.